The molecule has 21 heavy (non-hydrogen) atoms. The minimum absolute atomic E-state index is 0.264. The van der Waals surface area contributed by atoms with E-state index >= 15 is 0 Å². The van der Waals surface area contributed by atoms with Gasteiger partial charge in [0.05, 0.1) is 0 Å². The van der Waals surface area contributed by atoms with Gasteiger partial charge in [-0.3, -0.25) is 4.79 Å². The highest BCUT2D eigenvalue weighted by Crippen LogP contribution is 2.22. The molecule has 1 N–H and O–H groups in total. The quantitative estimate of drug-likeness (QED) is 0.917. The Morgan fingerprint density at radius 3 is 2.67 bits per heavy atom. The van der Waals surface area contributed by atoms with E-state index in [4.69, 9.17) is 5.11 Å². The number of nitrogens with zero attached hydrogens (tertiary/aromatic N) is 3. The zero-order valence-electron chi connectivity index (χ0n) is 11.1. The first-order valence-electron chi connectivity index (χ1n) is 6.57. The standard InChI is InChI=1S/C14H13N3O4/c18-13(17-7-1-2-11(17)14(19)20)10-5-3-9(4-6-10)12-15-8-21-16-12/h3-6,8,11H,1-2,7H2,(H,19,20). The van der Waals surface area contributed by atoms with Gasteiger partial charge in [-0.05, 0) is 25.0 Å². The van der Waals surface area contributed by atoms with E-state index in [9.17, 15) is 9.59 Å². The van der Waals surface area contributed by atoms with Gasteiger partial charge in [0, 0.05) is 17.7 Å². The third-order valence-electron chi connectivity index (χ3n) is 3.55. The minimum atomic E-state index is -0.954. The molecule has 3 rings (SSSR count). The highest BCUT2D eigenvalue weighted by molar-refractivity contribution is 5.97. The Morgan fingerprint density at radius 1 is 1.29 bits per heavy atom. The largest absolute Gasteiger partial charge is 0.480 e. The van der Waals surface area contributed by atoms with Gasteiger partial charge >= 0.3 is 5.97 Å². The number of aromatic nitrogens is 2. The van der Waals surface area contributed by atoms with Crippen LogP contribution < -0.4 is 0 Å². The van der Waals surface area contributed by atoms with E-state index in [0.29, 0.717) is 30.8 Å². The Labute approximate surface area is 120 Å². The number of carbonyl (C=O) groups is 2. The summed E-state index contributed by atoms with van der Waals surface area (Å²) in [6.45, 7) is 0.475. The average Bonchev–Trinajstić information content (AvgIpc) is 3.18. The van der Waals surface area contributed by atoms with Gasteiger partial charge < -0.3 is 14.5 Å². The molecule has 108 valence electrons. The molecule has 0 bridgehead atoms. The molecule has 1 atom stereocenters. The SMILES string of the molecule is O=C(O)C1CCCN1C(=O)c1ccc(-c2ncon2)cc1. The highest BCUT2D eigenvalue weighted by Gasteiger charge is 2.34. The van der Waals surface area contributed by atoms with Crippen molar-refractivity contribution in [3.8, 4) is 11.4 Å². The van der Waals surface area contributed by atoms with Crippen molar-refractivity contribution < 1.29 is 19.2 Å². The second kappa shape index (κ2) is 5.35. The number of hydrogen-bond acceptors (Lipinski definition) is 5. The van der Waals surface area contributed by atoms with Crippen LogP contribution in [0.3, 0.4) is 0 Å². The van der Waals surface area contributed by atoms with Crippen LogP contribution in [0.15, 0.2) is 35.2 Å². The lowest BCUT2D eigenvalue weighted by Gasteiger charge is -2.21. The van der Waals surface area contributed by atoms with Crippen molar-refractivity contribution in [3.05, 3.63) is 36.2 Å². The van der Waals surface area contributed by atoms with Gasteiger partial charge in [-0.15, -0.1) is 0 Å². The van der Waals surface area contributed by atoms with Crippen molar-refractivity contribution >= 4 is 11.9 Å². The minimum Gasteiger partial charge on any atom is -0.480 e. The number of aliphatic carboxylic acids is 1. The number of likely N-dealkylation sites (tertiary alicyclic amines) is 1. The molecule has 0 radical (unpaired) electrons. The molecule has 7 heteroatoms. The smallest absolute Gasteiger partial charge is 0.326 e. The monoisotopic (exact) mass is 287 g/mol. The molecule has 0 aliphatic carbocycles. The first kappa shape index (κ1) is 13.3. The number of rotatable bonds is 3. The maximum atomic E-state index is 12.4. The number of benzene rings is 1. The van der Waals surface area contributed by atoms with E-state index < -0.39 is 12.0 Å². The van der Waals surface area contributed by atoms with E-state index in [1.807, 2.05) is 0 Å². The average molecular weight is 287 g/mol. The first-order chi connectivity index (χ1) is 10.2. The Hall–Kier alpha value is -2.70. The van der Waals surface area contributed by atoms with Crippen LogP contribution in [0.2, 0.25) is 0 Å². The maximum Gasteiger partial charge on any atom is 0.326 e. The Bertz CT molecular complexity index is 651. The van der Waals surface area contributed by atoms with Crippen LogP contribution in [0.1, 0.15) is 23.2 Å². The van der Waals surface area contributed by atoms with E-state index in [1.165, 1.54) is 11.3 Å². The molecular weight excluding hydrogens is 274 g/mol. The predicted octanol–water partition coefficient (Wildman–Crippen LogP) is 1.43. The topological polar surface area (TPSA) is 96.5 Å². The zero-order chi connectivity index (χ0) is 14.8. The maximum absolute atomic E-state index is 12.4. The molecule has 1 aliphatic rings. The highest BCUT2D eigenvalue weighted by atomic mass is 16.5. The number of carboxylic acid groups (broad SMARTS) is 1. The van der Waals surface area contributed by atoms with Crippen LogP contribution in [0.5, 0.6) is 0 Å². The summed E-state index contributed by atoms with van der Waals surface area (Å²) in [5.41, 5.74) is 1.19. The summed E-state index contributed by atoms with van der Waals surface area (Å²) in [7, 11) is 0. The molecule has 0 saturated carbocycles. The Kier molecular flexibility index (Phi) is 3.39. The number of carboxylic acids is 1. The van der Waals surface area contributed by atoms with Crippen LogP contribution in [0.4, 0.5) is 0 Å². The molecule has 0 spiro atoms. The van der Waals surface area contributed by atoms with Crippen LogP contribution in [-0.4, -0.2) is 44.6 Å². The third-order valence-corrected chi connectivity index (χ3v) is 3.55. The van der Waals surface area contributed by atoms with E-state index in [0.717, 1.165) is 5.56 Å². The van der Waals surface area contributed by atoms with Crippen molar-refractivity contribution in [1.82, 2.24) is 15.0 Å². The molecular formula is C14H13N3O4. The van der Waals surface area contributed by atoms with Crippen molar-refractivity contribution in [1.29, 1.82) is 0 Å². The molecule has 1 amide bonds. The van der Waals surface area contributed by atoms with Gasteiger partial charge in [0.15, 0.2) is 0 Å². The molecule has 7 nitrogen and oxygen atoms in total. The number of hydrogen-bond donors (Lipinski definition) is 1. The van der Waals surface area contributed by atoms with E-state index in [-0.39, 0.29) is 5.91 Å². The van der Waals surface area contributed by atoms with E-state index in [2.05, 4.69) is 14.7 Å². The van der Waals surface area contributed by atoms with Crippen LogP contribution >= 0.6 is 0 Å². The van der Waals surface area contributed by atoms with Gasteiger partial charge in [-0.25, -0.2) is 4.79 Å². The second-order valence-corrected chi connectivity index (χ2v) is 4.83. The van der Waals surface area contributed by atoms with Crippen LogP contribution in [-0.2, 0) is 4.79 Å². The molecule has 1 unspecified atom stereocenters. The van der Waals surface area contributed by atoms with Gasteiger partial charge in [0.1, 0.15) is 6.04 Å². The predicted molar refractivity (Wildman–Crippen MR) is 71.4 cm³/mol. The molecule has 1 aliphatic heterocycles. The molecule has 1 aromatic carbocycles. The summed E-state index contributed by atoms with van der Waals surface area (Å²) in [4.78, 5) is 28.8. The Morgan fingerprint density at radius 2 is 2.05 bits per heavy atom. The first-order valence-corrected chi connectivity index (χ1v) is 6.57. The summed E-state index contributed by atoms with van der Waals surface area (Å²) >= 11 is 0. The van der Waals surface area contributed by atoms with Gasteiger partial charge in [0.25, 0.3) is 5.91 Å². The van der Waals surface area contributed by atoms with Gasteiger partial charge in [0.2, 0.25) is 12.2 Å². The summed E-state index contributed by atoms with van der Waals surface area (Å²) in [5.74, 6) is -0.776. The van der Waals surface area contributed by atoms with Crippen molar-refractivity contribution in [3.63, 3.8) is 0 Å². The lowest BCUT2D eigenvalue weighted by molar-refractivity contribution is -0.141. The lowest BCUT2D eigenvalue weighted by atomic mass is 10.1. The fourth-order valence-electron chi connectivity index (χ4n) is 2.49. The fourth-order valence-corrected chi connectivity index (χ4v) is 2.49. The second-order valence-electron chi connectivity index (χ2n) is 4.83. The van der Waals surface area contributed by atoms with Crippen molar-refractivity contribution in [2.75, 3.05) is 6.54 Å². The summed E-state index contributed by atoms with van der Waals surface area (Å²) in [6.07, 6.45) is 2.45. The van der Waals surface area contributed by atoms with Crippen molar-refractivity contribution in [2.45, 2.75) is 18.9 Å². The molecule has 1 fully saturated rings. The lowest BCUT2D eigenvalue weighted by Crippen LogP contribution is -2.40. The Balaban J connectivity index is 1.80. The van der Waals surface area contributed by atoms with Crippen molar-refractivity contribution in [2.24, 2.45) is 0 Å². The van der Waals surface area contributed by atoms with Crippen LogP contribution in [0.25, 0.3) is 11.4 Å². The summed E-state index contributed by atoms with van der Waals surface area (Å²) in [6, 6.07) is 5.99. The zero-order valence-corrected chi connectivity index (χ0v) is 11.1. The normalized spacial score (nSPS) is 17.9. The molecule has 2 aromatic rings. The van der Waals surface area contributed by atoms with Gasteiger partial charge in [-0.2, -0.15) is 4.98 Å². The van der Waals surface area contributed by atoms with Gasteiger partial charge in [-0.1, -0.05) is 17.3 Å². The van der Waals surface area contributed by atoms with E-state index in [1.54, 1.807) is 24.3 Å². The molecule has 1 aromatic heterocycles. The number of carbonyl (C=O) groups excluding carboxylic acids is 1. The number of amides is 1. The molecule has 2 heterocycles. The summed E-state index contributed by atoms with van der Waals surface area (Å²) < 4.78 is 4.67. The fraction of sp³-hybridized carbons (Fsp3) is 0.286. The molecule has 1 saturated heterocycles. The summed E-state index contributed by atoms with van der Waals surface area (Å²) in [5, 5.41) is 12.8. The van der Waals surface area contributed by atoms with Crippen LogP contribution in [0, 0.1) is 0 Å². The third kappa shape index (κ3) is 2.49.